The van der Waals surface area contributed by atoms with E-state index >= 15 is 0 Å². The molecule has 0 amide bonds. The monoisotopic (exact) mass is 522 g/mol. The van der Waals surface area contributed by atoms with Crippen molar-refractivity contribution in [2.24, 2.45) is 5.92 Å². The van der Waals surface area contributed by atoms with Crippen LogP contribution >= 0.6 is 23.4 Å². The number of benzene rings is 1. The van der Waals surface area contributed by atoms with Crippen molar-refractivity contribution in [3.63, 3.8) is 0 Å². The zero-order valence-electron chi connectivity index (χ0n) is 19.5. The summed E-state index contributed by atoms with van der Waals surface area (Å²) >= 11 is 3.66. The van der Waals surface area contributed by atoms with E-state index in [4.69, 9.17) is 9.47 Å². The molecule has 0 aromatic heterocycles. The summed E-state index contributed by atoms with van der Waals surface area (Å²) in [7, 11) is 3.84. The first-order valence-corrected chi connectivity index (χ1v) is 15.0. The van der Waals surface area contributed by atoms with Crippen LogP contribution in [0.2, 0.25) is 0 Å². The Bertz CT molecular complexity index is 830. The summed E-state index contributed by atoms with van der Waals surface area (Å²) in [5, 5.41) is 13.0. The fourth-order valence-electron chi connectivity index (χ4n) is 6.20. The maximum atomic E-state index is 11.6. The SMILES string of the molecule is B[PH](C1=CC=C[C@H]1[C@@H](O)c1ccccc1Br)(N1CCC[C@H]1COC)N1CCC[C@H]1COC. The number of methoxy groups -OCH3 is 2. The van der Waals surface area contributed by atoms with Gasteiger partial charge in [0.25, 0.3) is 0 Å². The predicted molar refractivity (Wildman–Crippen MR) is 140 cm³/mol. The molecule has 0 saturated carbocycles. The third kappa shape index (κ3) is 4.55. The molecule has 1 aromatic rings. The Labute approximate surface area is 202 Å². The van der Waals surface area contributed by atoms with Gasteiger partial charge in [0.2, 0.25) is 0 Å². The quantitative estimate of drug-likeness (QED) is 0.393. The number of nitrogens with zero attached hydrogens (tertiary/aromatic N) is 2. The molecule has 176 valence electrons. The zero-order valence-corrected chi connectivity index (χ0v) is 22.1. The Morgan fingerprint density at radius 3 is 2.25 bits per heavy atom. The molecule has 1 aromatic carbocycles. The average Bonchev–Trinajstić information content (AvgIpc) is 3.55. The normalized spacial score (nSPS) is 28.4. The van der Waals surface area contributed by atoms with Crippen LogP contribution in [0.4, 0.5) is 0 Å². The van der Waals surface area contributed by atoms with Gasteiger partial charge >= 0.3 is 203 Å². The summed E-state index contributed by atoms with van der Waals surface area (Å²) in [6.45, 7) is 3.73. The first-order valence-electron chi connectivity index (χ1n) is 11.8. The first kappa shape index (κ1) is 24.6. The molecule has 0 radical (unpaired) electrons. The third-order valence-electron chi connectivity index (χ3n) is 7.66. The van der Waals surface area contributed by atoms with Crippen LogP contribution in [0.5, 0.6) is 0 Å². The molecule has 1 aliphatic carbocycles. The van der Waals surface area contributed by atoms with Gasteiger partial charge in [0.1, 0.15) is 0 Å². The number of hydrogen-bond donors (Lipinski definition) is 1. The molecule has 2 aliphatic heterocycles. The maximum absolute atomic E-state index is 11.6. The fourth-order valence-corrected chi connectivity index (χ4v) is 12.0. The van der Waals surface area contributed by atoms with E-state index in [1.165, 1.54) is 31.0 Å². The van der Waals surface area contributed by atoms with Crippen molar-refractivity contribution in [3.05, 3.63) is 57.8 Å². The number of aliphatic hydroxyl groups excluding tert-OH is 1. The van der Waals surface area contributed by atoms with Gasteiger partial charge in [-0.2, -0.15) is 0 Å². The third-order valence-corrected chi connectivity index (χ3v) is 13.4. The Morgan fingerprint density at radius 2 is 1.69 bits per heavy atom. The topological polar surface area (TPSA) is 45.2 Å². The Kier molecular flexibility index (Phi) is 8.31. The van der Waals surface area contributed by atoms with Crippen molar-refractivity contribution in [1.82, 2.24) is 9.34 Å². The molecule has 8 heteroatoms. The summed E-state index contributed by atoms with van der Waals surface area (Å²) in [5.41, 5.74) is 0.955. The van der Waals surface area contributed by atoms with Crippen LogP contribution in [0.25, 0.3) is 0 Å². The number of allylic oxidation sites excluding steroid dienone is 2. The van der Waals surface area contributed by atoms with E-state index in [1.807, 2.05) is 38.5 Å². The van der Waals surface area contributed by atoms with Gasteiger partial charge in [0.05, 0.1) is 0 Å². The van der Waals surface area contributed by atoms with Gasteiger partial charge in [-0.05, 0) is 0 Å². The van der Waals surface area contributed by atoms with E-state index in [-0.39, 0.29) is 5.92 Å². The molecular weight excluding hydrogens is 486 g/mol. The number of aliphatic hydroxyl groups is 1. The Hall–Kier alpha value is -0.525. The number of hydrogen-bond acceptors (Lipinski definition) is 5. The van der Waals surface area contributed by atoms with E-state index in [0.717, 1.165) is 36.3 Å². The van der Waals surface area contributed by atoms with Crippen molar-refractivity contribution in [3.8, 4) is 0 Å². The van der Waals surface area contributed by atoms with Gasteiger partial charge in [-0.25, -0.2) is 0 Å². The second-order valence-electron chi connectivity index (χ2n) is 9.41. The Balaban J connectivity index is 1.73. The van der Waals surface area contributed by atoms with Gasteiger partial charge in [0, 0.05) is 0 Å². The van der Waals surface area contributed by atoms with Gasteiger partial charge in [-0.1, -0.05) is 0 Å². The molecule has 4 atom stereocenters. The standard InChI is InChI=1S/C24H37BBrN2O3P/c1-30-16-18-8-6-14-27(18)32(25,28-15-7-9-19(28)17-31-2)23-13-5-11-21(23)24(29)20-10-3-4-12-22(20)26/h3-5,10-13,18-19,21,24,29,32H,6-9,14-17,25H2,1-2H3/t18-,19-,21+,24-/m0/s1. The van der Waals surface area contributed by atoms with E-state index in [1.54, 1.807) is 0 Å². The molecule has 2 heterocycles. The number of halogens is 1. The van der Waals surface area contributed by atoms with Crippen LogP contribution in [0.1, 0.15) is 37.4 Å². The molecule has 5 nitrogen and oxygen atoms in total. The average molecular weight is 523 g/mol. The van der Waals surface area contributed by atoms with E-state index in [2.05, 4.69) is 51.1 Å². The van der Waals surface area contributed by atoms with Crippen LogP contribution in [0.3, 0.4) is 0 Å². The van der Waals surface area contributed by atoms with Crippen molar-refractivity contribution >= 4 is 30.9 Å². The van der Waals surface area contributed by atoms with Crippen LogP contribution in [0, 0.1) is 5.92 Å². The van der Waals surface area contributed by atoms with Crippen molar-refractivity contribution in [2.75, 3.05) is 40.5 Å². The summed E-state index contributed by atoms with van der Waals surface area (Å²) in [5.74, 6) is -0.0158. The van der Waals surface area contributed by atoms with Crippen LogP contribution in [0.15, 0.2) is 52.3 Å². The molecule has 3 aliphatic rings. The van der Waals surface area contributed by atoms with Crippen molar-refractivity contribution in [2.45, 2.75) is 43.9 Å². The minimum absolute atomic E-state index is 0.0158. The summed E-state index contributed by atoms with van der Waals surface area (Å²) in [6, 6.07) is 8.92. The van der Waals surface area contributed by atoms with Gasteiger partial charge in [-0.3, -0.25) is 0 Å². The van der Waals surface area contributed by atoms with Gasteiger partial charge < -0.3 is 0 Å². The van der Waals surface area contributed by atoms with E-state index in [9.17, 15) is 5.11 Å². The van der Waals surface area contributed by atoms with Gasteiger partial charge in [0.15, 0.2) is 0 Å². The second-order valence-corrected chi connectivity index (χ2v) is 14.0. The van der Waals surface area contributed by atoms with Crippen molar-refractivity contribution < 1.29 is 14.6 Å². The molecule has 0 bridgehead atoms. The molecule has 0 spiro atoms. The van der Waals surface area contributed by atoms with Crippen LogP contribution in [-0.4, -0.2) is 74.6 Å². The molecule has 0 unspecified atom stereocenters. The molecule has 32 heavy (non-hydrogen) atoms. The Morgan fingerprint density at radius 1 is 1.09 bits per heavy atom. The number of rotatable bonds is 9. The molecule has 2 fully saturated rings. The molecule has 2 saturated heterocycles. The minimum atomic E-state index is -2.30. The van der Waals surface area contributed by atoms with E-state index < -0.39 is 13.5 Å². The number of ether oxygens (including phenoxy) is 2. The summed E-state index contributed by atoms with van der Waals surface area (Å²) in [6.07, 6.45) is 10.9. The first-order chi connectivity index (χ1) is 15.5. The fraction of sp³-hybridized carbons (Fsp3) is 0.583. The van der Waals surface area contributed by atoms with Gasteiger partial charge in [-0.15, -0.1) is 0 Å². The predicted octanol–water partition coefficient (Wildman–Crippen LogP) is 3.90. The summed E-state index contributed by atoms with van der Waals surface area (Å²) < 4.78 is 17.8. The second kappa shape index (κ2) is 10.8. The summed E-state index contributed by atoms with van der Waals surface area (Å²) in [4.78, 5) is 0. The molecule has 1 N–H and O–H groups in total. The van der Waals surface area contributed by atoms with Crippen LogP contribution < -0.4 is 0 Å². The molecule has 4 rings (SSSR count). The van der Waals surface area contributed by atoms with Crippen LogP contribution in [-0.2, 0) is 9.47 Å². The van der Waals surface area contributed by atoms with E-state index in [0.29, 0.717) is 12.1 Å². The molecular formula is C24H37BBrN2O3P. The van der Waals surface area contributed by atoms with Crippen molar-refractivity contribution in [1.29, 1.82) is 0 Å². The zero-order chi connectivity index (χ0) is 22.7.